The van der Waals surface area contributed by atoms with E-state index in [2.05, 4.69) is 15.7 Å². The number of carbonyl (C=O) groups excluding carboxylic acids is 2. The van der Waals surface area contributed by atoms with Crippen LogP contribution in [-0.4, -0.2) is 50.5 Å². The fraction of sp³-hybridized carbons (Fsp3) is 0.500. The van der Waals surface area contributed by atoms with Gasteiger partial charge in [-0.05, 0) is 51.2 Å². The van der Waals surface area contributed by atoms with Gasteiger partial charge in [0.15, 0.2) is 18.1 Å². The molecule has 3 aliphatic rings. The van der Waals surface area contributed by atoms with Crippen LogP contribution in [-0.2, 0) is 11.8 Å². The Morgan fingerprint density at radius 1 is 1.27 bits per heavy atom. The average Bonchev–Trinajstić information content (AvgIpc) is 3.01. The second-order valence-corrected chi connectivity index (χ2v) is 9.30. The largest absolute Gasteiger partial charge is 0.484 e. The summed E-state index contributed by atoms with van der Waals surface area (Å²) >= 11 is 5.64. The highest BCUT2D eigenvalue weighted by atomic mass is 35.5. The molecule has 2 aromatic rings. The summed E-state index contributed by atoms with van der Waals surface area (Å²) in [5.41, 5.74) is -1.59. The molecule has 1 aromatic heterocycles. The Labute approximate surface area is 194 Å². The number of hydrogen-bond donors (Lipinski definition) is 3. The van der Waals surface area contributed by atoms with Gasteiger partial charge in [0.25, 0.3) is 11.8 Å². The number of benzene rings is 1. The molecule has 2 amide bonds. The minimum Gasteiger partial charge on any atom is -0.484 e. The molecule has 3 aliphatic carbocycles. The predicted octanol–water partition coefficient (Wildman–Crippen LogP) is 2.40. The van der Waals surface area contributed by atoms with Crippen molar-refractivity contribution in [2.75, 3.05) is 6.61 Å². The van der Waals surface area contributed by atoms with E-state index in [9.17, 15) is 23.5 Å². The van der Waals surface area contributed by atoms with E-state index in [4.69, 9.17) is 16.3 Å². The van der Waals surface area contributed by atoms with E-state index >= 15 is 0 Å². The molecule has 0 unspecified atom stereocenters. The topological polar surface area (TPSA) is 105 Å². The molecule has 3 N–H and O–H groups in total. The first-order valence-corrected chi connectivity index (χ1v) is 11.0. The van der Waals surface area contributed by atoms with Crippen LogP contribution in [0.4, 0.5) is 8.78 Å². The standard InChI is InChI=1S/C22H25ClF2N4O4/c1-12-18(25)19(29(2)28-12)20(32)27-22-7-5-21(6-8-22,10-16(22)30)26-17(31)11-33-13-3-4-14(23)15(24)9-13/h3-4,9,16,30H,5-8,10-11H2,1-2H3,(H,26,31)(H,27,32)/t16-,21?,22?/m0/s1. The van der Waals surface area contributed by atoms with E-state index < -0.39 is 40.6 Å². The van der Waals surface area contributed by atoms with E-state index in [-0.39, 0.29) is 35.2 Å². The van der Waals surface area contributed by atoms with Gasteiger partial charge in [0, 0.05) is 18.7 Å². The third kappa shape index (κ3) is 4.41. The van der Waals surface area contributed by atoms with E-state index in [0.717, 1.165) is 6.07 Å². The van der Waals surface area contributed by atoms with Crippen molar-refractivity contribution in [1.29, 1.82) is 0 Å². The molecule has 11 heteroatoms. The summed E-state index contributed by atoms with van der Waals surface area (Å²) in [6.45, 7) is 1.16. The number of aryl methyl sites for hydroxylation is 2. The van der Waals surface area contributed by atoms with Crippen molar-refractivity contribution >= 4 is 23.4 Å². The molecule has 0 aliphatic heterocycles. The number of nitrogens with one attached hydrogen (secondary N) is 2. The van der Waals surface area contributed by atoms with Gasteiger partial charge in [-0.3, -0.25) is 14.3 Å². The third-order valence-electron chi connectivity index (χ3n) is 6.71. The number of hydrogen-bond acceptors (Lipinski definition) is 5. The van der Waals surface area contributed by atoms with E-state index in [1.54, 1.807) is 0 Å². The second kappa shape index (κ2) is 8.57. The molecule has 2 bridgehead atoms. The van der Waals surface area contributed by atoms with Gasteiger partial charge in [0.05, 0.1) is 22.4 Å². The Balaban J connectivity index is 1.37. The highest BCUT2D eigenvalue weighted by Crippen LogP contribution is 2.47. The van der Waals surface area contributed by atoms with Crippen molar-refractivity contribution in [1.82, 2.24) is 20.4 Å². The summed E-state index contributed by atoms with van der Waals surface area (Å²) in [5.74, 6) is -2.18. The Morgan fingerprint density at radius 3 is 2.55 bits per heavy atom. The lowest BCUT2D eigenvalue weighted by Crippen LogP contribution is -2.70. The monoisotopic (exact) mass is 482 g/mol. The van der Waals surface area contributed by atoms with Crippen LogP contribution in [0.1, 0.15) is 48.3 Å². The first-order chi connectivity index (χ1) is 15.5. The minimum absolute atomic E-state index is 0.0408. The van der Waals surface area contributed by atoms with Gasteiger partial charge in [-0.1, -0.05) is 11.6 Å². The van der Waals surface area contributed by atoms with Crippen LogP contribution >= 0.6 is 11.6 Å². The number of aromatic nitrogens is 2. The Kier molecular flexibility index (Phi) is 6.09. The number of amides is 2. The van der Waals surface area contributed by atoms with Gasteiger partial charge >= 0.3 is 0 Å². The van der Waals surface area contributed by atoms with Crippen LogP contribution in [0.25, 0.3) is 0 Å². The normalized spacial score (nSPS) is 26.2. The lowest BCUT2D eigenvalue weighted by Gasteiger charge is -2.56. The molecule has 0 radical (unpaired) electrons. The molecule has 1 heterocycles. The Bertz CT molecular complexity index is 1100. The van der Waals surface area contributed by atoms with Crippen LogP contribution < -0.4 is 15.4 Å². The fourth-order valence-electron chi connectivity index (χ4n) is 4.87. The van der Waals surface area contributed by atoms with Crippen molar-refractivity contribution in [2.24, 2.45) is 7.05 Å². The van der Waals surface area contributed by atoms with Crippen LogP contribution in [0.3, 0.4) is 0 Å². The molecule has 3 saturated carbocycles. The van der Waals surface area contributed by atoms with Gasteiger partial charge in [-0.2, -0.15) is 5.10 Å². The zero-order valence-corrected chi connectivity index (χ0v) is 19.0. The maximum Gasteiger partial charge on any atom is 0.273 e. The zero-order chi connectivity index (χ0) is 24.0. The van der Waals surface area contributed by atoms with Gasteiger partial charge in [0.1, 0.15) is 11.6 Å². The number of aliphatic hydroxyl groups is 1. The van der Waals surface area contributed by atoms with Gasteiger partial charge in [0.2, 0.25) is 0 Å². The summed E-state index contributed by atoms with van der Waals surface area (Å²) in [4.78, 5) is 25.3. The van der Waals surface area contributed by atoms with E-state index in [1.807, 2.05) is 0 Å². The number of rotatable bonds is 6. The molecule has 1 atom stereocenters. The molecule has 178 valence electrons. The van der Waals surface area contributed by atoms with Gasteiger partial charge in [-0.15, -0.1) is 0 Å². The number of nitrogens with zero attached hydrogens (tertiary/aromatic N) is 2. The number of carbonyl (C=O) groups is 2. The maximum absolute atomic E-state index is 14.3. The summed E-state index contributed by atoms with van der Waals surface area (Å²) in [6.07, 6.45) is 1.20. The molecule has 1 aromatic carbocycles. The van der Waals surface area contributed by atoms with Gasteiger partial charge < -0.3 is 20.5 Å². The van der Waals surface area contributed by atoms with Crippen molar-refractivity contribution in [3.05, 3.63) is 46.2 Å². The highest BCUT2D eigenvalue weighted by molar-refractivity contribution is 6.30. The summed E-state index contributed by atoms with van der Waals surface area (Å²) in [5, 5.41) is 20.5. The van der Waals surface area contributed by atoms with Crippen molar-refractivity contribution in [2.45, 2.75) is 56.2 Å². The molecular formula is C22H25ClF2N4O4. The molecular weight excluding hydrogens is 458 g/mol. The van der Waals surface area contributed by atoms with E-state index in [0.29, 0.717) is 25.7 Å². The molecule has 3 fully saturated rings. The molecule has 0 saturated heterocycles. The van der Waals surface area contributed by atoms with Crippen LogP contribution in [0.5, 0.6) is 5.75 Å². The molecule has 0 spiro atoms. The average molecular weight is 483 g/mol. The molecule has 5 rings (SSSR count). The summed E-state index contributed by atoms with van der Waals surface area (Å²) in [7, 11) is 1.49. The predicted molar refractivity (Wildman–Crippen MR) is 115 cm³/mol. The Morgan fingerprint density at radius 2 is 1.97 bits per heavy atom. The van der Waals surface area contributed by atoms with Gasteiger partial charge in [-0.25, -0.2) is 8.78 Å². The number of halogens is 3. The zero-order valence-electron chi connectivity index (χ0n) is 18.3. The third-order valence-corrected chi connectivity index (χ3v) is 7.02. The minimum atomic E-state index is -0.923. The summed E-state index contributed by atoms with van der Waals surface area (Å²) < 4.78 is 34.4. The van der Waals surface area contributed by atoms with Crippen molar-refractivity contribution in [3.8, 4) is 5.75 Å². The SMILES string of the molecule is Cc1nn(C)c(C(=O)NC23CCC(NC(=O)COc4ccc(Cl)c(F)c4)(CC2)C[C@@H]3O)c1F. The number of ether oxygens (including phenoxy) is 1. The number of fused-ring (bicyclic) bond motifs is 3. The van der Waals surface area contributed by atoms with Crippen LogP contribution in [0.2, 0.25) is 5.02 Å². The smallest absolute Gasteiger partial charge is 0.273 e. The summed E-state index contributed by atoms with van der Waals surface area (Å²) in [6, 6.07) is 3.90. The van der Waals surface area contributed by atoms with Crippen molar-refractivity contribution in [3.63, 3.8) is 0 Å². The van der Waals surface area contributed by atoms with Crippen LogP contribution in [0, 0.1) is 18.6 Å². The van der Waals surface area contributed by atoms with E-state index in [1.165, 1.54) is 30.8 Å². The molecule has 8 nitrogen and oxygen atoms in total. The lowest BCUT2D eigenvalue weighted by molar-refractivity contribution is -0.129. The quantitative estimate of drug-likeness (QED) is 0.586. The van der Waals surface area contributed by atoms with Crippen LogP contribution in [0.15, 0.2) is 18.2 Å². The number of aliphatic hydroxyl groups excluding tert-OH is 1. The molecule has 33 heavy (non-hydrogen) atoms. The Hall–Kier alpha value is -2.72. The first-order valence-electron chi connectivity index (χ1n) is 10.6. The lowest BCUT2D eigenvalue weighted by atomic mass is 9.60. The van der Waals surface area contributed by atoms with Crippen molar-refractivity contribution < 1.29 is 28.2 Å². The maximum atomic E-state index is 14.3. The fourth-order valence-corrected chi connectivity index (χ4v) is 4.99. The second-order valence-electron chi connectivity index (χ2n) is 8.89. The first kappa shape index (κ1) is 23.4. The highest BCUT2D eigenvalue weighted by Gasteiger charge is 2.55.